The molecule has 2 rings (SSSR count). The number of allylic oxidation sites excluding steroid dienone is 1. The van der Waals surface area contributed by atoms with Crippen LogP contribution < -0.4 is 11.1 Å². The van der Waals surface area contributed by atoms with Crippen molar-refractivity contribution in [2.45, 2.75) is 32.2 Å². The summed E-state index contributed by atoms with van der Waals surface area (Å²) < 4.78 is 0. The van der Waals surface area contributed by atoms with E-state index >= 15 is 0 Å². The summed E-state index contributed by atoms with van der Waals surface area (Å²) in [7, 11) is 0. The molecule has 0 aliphatic heterocycles. The number of aliphatic hydroxyl groups is 1. The van der Waals surface area contributed by atoms with Crippen LogP contribution in [0.2, 0.25) is 0 Å². The number of nitrogens with zero attached hydrogens (tertiary/aromatic N) is 2. The molecule has 1 aliphatic rings. The molecule has 0 radical (unpaired) electrons. The van der Waals surface area contributed by atoms with E-state index in [9.17, 15) is 5.11 Å². The number of fused-ring (bicyclic) bond motifs is 1. The Kier molecular flexibility index (Phi) is 4.28. The Balaban J connectivity index is 1.99. The highest BCUT2D eigenvalue weighted by Gasteiger charge is 2.19. The number of nitrogens with two attached hydrogens (primary N) is 1. The van der Waals surface area contributed by atoms with Crippen molar-refractivity contribution in [2.24, 2.45) is 0 Å². The highest BCUT2D eigenvalue weighted by atomic mass is 16.3. The average molecular weight is 248 g/mol. The molecule has 0 fully saturated rings. The zero-order valence-corrected chi connectivity index (χ0v) is 10.7. The van der Waals surface area contributed by atoms with Crippen LogP contribution in [0.15, 0.2) is 12.4 Å². The molecule has 5 nitrogen and oxygen atoms in total. The summed E-state index contributed by atoms with van der Waals surface area (Å²) in [5.74, 6) is 0.568. The quantitative estimate of drug-likeness (QED) is 0.692. The molecule has 18 heavy (non-hydrogen) atoms. The highest BCUT2D eigenvalue weighted by Crippen LogP contribution is 2.27. The van der Waals surface area contributed by atoms with Crippen LogP contribution in [0.25, 0.3) is 5.57 Å². The fourth-order valence-electron chi connectivity index (χ4n) is 2.24. The molecule has 1 atom stereocenters. The second-order valence-electron chi connectivity index (χ2n) is 4.57. The summed E-state index contributed by atoms with van der Waals surface area (Å²) in [6.45, 7) is 3.00. The molecule has 4 N–H and O–H groups in total. The van der Waals surface area contributed by atoms with E-state index in [1.54, 1.807) is 0 Å². The third-order valence-corrected chi connectivity index (χ3v) is 3.27. The molecule has 1 aromatic heterocycles. The number of hydrogen-bond donors (Lipinski definition) is 3. The zero-order valence-electron chi connectivity index (χ0n) is 10.7. The smallest absolute Gasteiger partial charge is 0.130 e. The lowest BCUT2D eigenvalue weighted by atomic mass is 10.1. The number of nitrogens with one attached hydrogen (secondary N) is 1. The lowest BCUT2D eigenvalue weighted by Gasteiger charge is -2.16. The first-order valence-electron chi connectivity index (χ1n) is 6.39. The number of hydrogen-bond acceptors (Lipinski definition) is 5. The first-order chi connectivity index (χ1) is 8.76. The summed E-state index contributed by atoms with van der Waals surface area (Å²) in [4.78, 5) is 8.29. The molecular weight excluding hydrogens is 228 g/mol. The van der Waals surface area contributed by atoms with Gasteiger partial charge in [-0.15, -0.1) is 0 Å². The largest absolute Gasteiger partial charge is 0.395 e. The Morgan fingerprint density at radius 1 is 1.50 bits per heavy atom. The van der Waals surface area contributed by atoms with E-state index in [2.05, 4.69) is 28.3 Å². The lowest BCUT2D eigenvalue weighted by molar-refractivity contribution is 0.239. The Morgan fingerprint density at radius 3 is 3.06 bits per heavy atom. The lowest BCUT2D eigenvalue weighted by Crippen LogP contribution is -2.33. The Labute approximate surface area is 107 Å². The summed E-state index contributed by atoms with van der Waals surface area (Å²) in [5, 5.41) is 12.6. The third kappa shape index (κ3) is 2.68. The fourth-order valence-corrected chi connectivity index (χ4v) is 2.24. The summed E-state index contributed by atoms with van der Waals surface area (Å²) >= 11 is 0. The van der Waals surface area contributed by atoms with Gasteiger partial charge in [0.15, 0.2) is 0 Å². The number of aliphatic hydroxyl groups excluding tert-OH is 1. The molecule has 0 saturated carbocycles. The van der Waals surface area contributed by atoms with E-state index < -0.39 is 0 Å². The second kappa shape index (κ2) is 5.93. The van der Waals surface area contributed by atoms with Gasteiger partial charge in [0.1, 0.15) is 12.1 Å². The van der Waals surface area contributed by atoms with E-state index in [4.69, 9.17) is 5.73 Å². The van der Waals surface area contributed by atoms with Gasteiger partial charge in [0.05, 0.1) is 12.3 Å². The highest BCUT2D eigenvalue weighted by molar-refractivity contribution is 5.74. The average Bonchev–Trinajstić information content (AvgIpc) is 2.79. The SMILES string of the molecule is CCC[C@@H](CO)NCC1=CCc2c(N)ncnc21. The molecule has 0 aromatic carbocycles. The van der Waals surface area contributed by atoms with Crippen LogP contribution in [0.1, 0.15) is 31.0 Å². The molecule has 0 amide bonds. The van der Waals surface area contributed by atoms with Gasteiger partial charge in [0, 0.05) is 18.2 Å². The monoisotopic (exact) mass is 248 g/mol. The van der Waals surface area contributed by atoms with E-state index in [-0.39, 0.29) is 12.6 Å². The Morgan fingerprint density at radius 2 is 2.33 bits per heavy atom. The maximum atomic E-state index is 9.24. The van der Waals surface area contributed by atoms with Gasteiger partial charge < -0.3 is 16.2 Å². The summed E-state index contributed by atoms with van der Waals surface area (Å²) in [6, 6.07) is 0.152. The van der Waals surface area contributed by atoms with Crippen LogP contribution in [-0.4, -0.2) is 34.3 Å². The van der Waals surface area contributed by atoms with Gasteiger partial charge in [-0.1, -0.05) is 19.4 Å². The van der Waals surface area contributed by atoms with Crippen molar-refractivity contribution in [3.8, 4) is 0 Å². The van der Waals surface area contributed by atoms with Gasteiger partial charge in [-0.05, 0) is 18.4 Å². The topological polar surface area (TPSA) is 84.1 Å². The number of rotatable bonds is 6. The molecule has 1 aliphatic carbocycles. The van der Waals surface area contributed by atoms with Gasteiger partial charge in [-0.2, -0.15) is 0 Å². The Bertz CT molecular complexity index is 445. The van der Waals surface area contributed by atoms with Crippen molar-refractivity contribution in [1.82, 2.24) is 15.3 Å². The molecular formula is C13H20N4O. The van der Waals surface area contributed by atoms with Crippen LogP contribution in [0.3, 0.4) is 0 Å². The number of aromatic nitrogens is 2. The standard InChI is InChI=1S/C13H20N4O/c1-2-3-10(7-18)15-6-9-4-5-11-12(9)16-8-17-13(11)14/h4,8,10,15,18H,2-3,5-7H2,1H3,(H2,14,16,17)/t10-/m0/s1. The van der Waals surface area contributed by atoms with Crippen LogP contribution >= 0.6 is 0 Å². The van der Waals surface area contributed by atoms with Gasteiger partial charge >= 0.3 is 0 Å². The minimum atomic E-state index is 0.152. The molecule has 0 spiro atoms. The zero-order chi connectivity index (χ0) is 13.0. The normalized spacial score (nSPS) is 15.3. The number of anilines is 1. The maximum absolute atomic E-state index is 9.24. The van der Waals surface area contributed by atoms with Gasteiger partial charge in [-0.25, -0.2) is 9.97 Å². The molecule has 0 saturated heterocycles. The van der Waals surface area contributed by atoms with Crippen molar-refractivity contribution < 1.29 is 5.11 Å². The van der Waals surface area contributed by atoms with Gasteiger partial charge in [-0.3, -0.25) is 0 Å². The molecule has 1 aromatic rings. The van der Waals surface area contributed by atoms with Crippen LogP contribution in [0.5, 0.6) is 0 Å². The van der Waals surface area contributed by atoms with E-state index in [0.29, 0.717) is 12.4 Å². The van der Waals surface area contributed by atoms with Crippen LogP contribution in [0, 0.1) is 0 Å². The molecule has 98 valence electrons. The third-order valence-electron chi connectivity index (χ3n) is 3.27. The van der Waals surface area contributed by atoms with Crippen LogP contribution in [0.4, 0.5) is 5.82 Å². The van der Waals surface area contributed by atoms with E-state index in [1.807, 2.05) is 0 Å². The van der Waals surface area contributed by atoms with Gasteiger partial charge in [0.2, 0.25) is 0 Å². The van der Waals surface area contributed by atoms with Crippen molar-refractivity contribution in [2.75, 3.05) is 18.9 Å². The van der Waals surface area contributed by atoms with E-state index in [0.717, 1.165) is 36.1 Å². The Hall–Kier alpha value is -1.46. The van der Waals surface area contributed by atoms with Gasteiger partial charge in [0.25, 0.3) is 0 Å². The predicted octanol–water partition coefficient (Wildman–Crippen LogP) is 0.749. The minimum Gasteiger partial charge on any atom is -0.395 e. The first kappa shape index (κ1) is 13.0. The summed E-state index contributed by atoms with van der Waals surface area (Å²) in [6.07, 6.45) is 6.47. The molecule has 0 unspecified atom stereocenters. The van der Waals surface area contributed by atoms with Crippen molar-refractivity contribution in [1.29, 1.82) is 0 Å². The van der Waals surface area contributed by atoms with Crippen molar-refractivity contribution in [3.05, 3.63) is 23.7 Å². The molecule has 5 heteroatoms. The van der Waals surface area contributed by atoms with Crippen molar-refractivity contribution >= 4 is 11.4 Å². The second-order valence-corrected chi connectivity index (χ2v) is 4.57. The minimum absolute atomic E-state index is 0.152. The van der Waals surface area contributed by atoms with Crippen LogP contribution in [-0.2, 0) is 6.42 Å². The molecule has 0 bridgehead atoms. The summed E-state index contributed by atoms with van der Waals surface area (Å²) in [5.41, 5.74) is 8.93. The number of nitrogen functional groups attached to an aromatic ring is 1. The van der Waals surface area contributed by atoms with Crippen molar-refractivity contribution in [3.63, 3.8) is 0 Å². The predicted molar refractivity (Wildman–Crippen MR) is 71.9 cm³/mol. The first-order valence-corrected chi connectivity index (χ1v) is 6.39. The molecule has 1 heterocycles. The van der Waals surface area contributed by atoms with E-state index in [1.165, 1.54) is 6.33 Å². The fraction of sp³-hybridized carbons (Fsp3) is 0.538. The maximum Gasteiger partial charge on any atom is 0.130 e.